The molecule has 1 aromatic carbocycles. The molecular weight excluding hydrogens is 458 g/mol. The normalized spacial score (nSPS) is 13.7. The second kappa shape index (κ2) is 13.1. The number of nitrogens with one attached hydrogen (secondary N) is 1. The van der Waals surface area contributed by atoms with Crippen LogP contribution in [-0.4, -0.2) is 40.6 Å². The van der Waals surface area contributed by atoms with Gasteiger partial charge in [-0.15, -0.1) is 12.4 Å². The standard InChI is InChI=1S/C28H35N5O.ClH/c1-21(14-15-33(2)3)32-28-26-18-23(10-13-27(26)30-20-31-28)17-24-11-12-25(19-29-24)34-16-6-9-22-7-4-5-8-22;/h10-15,18-20,22H,1,4-9,16-17H2,2-3H3,(H,30,31,32);1H/b15-14-;. The molecule has 35 heavy (non-hydrogen) atoms. The van der Waals surface area contributed by atoms with E-state index in [1.54, 1.807) is 6.33 Å². The molecule has 0 saturated heterocycles. The number of benzene rings is 1. The van der Waals surface area contributed by atoms with E-state index in [1.165, 1.54) is 32.1 Å². The molecule has 1 aliphatic carbocycles. The second-order valence-electron chi connectivity index (χ2n) is 9.31. The number of hydrogen-bond donors (Lipinski definition) is 1. The van der Waals surface area contributed by atoms with Gasteiger partial charge in [0.15, 0.2) is 0 Å². The van der Waals surface area contributed by atoms with Crippen molar-refractivity contribution in [2.45, 2.75) is 44.9 Å². The van der Waals surface area contributed by atoms with E-state index in [1.807, 2.05) is 55.7 Å². The van der Waals surface area contributed by atoms with Crippen molar-refractivity contribution in [2.24, 2.45) is 5.92 Å². The van der Waals surface area contributed by atoms with Crippen molar-refractivity contribution in [3.63, 3.8) is 0 Å². The summed E-state index contributed by atoms with van der Waals surface area (Å²) in [4.78, 5) is 15.4. The summed E-state index contributed by atoms with van der Waals surface area (Å²) in [6.45, 7) is 4.84. The summed E-state index contributed by atoms with van der Waals surface area (Å²) in [5.74, 6) is 2.51. The Morgan fingerprint density at radius 2 is 1.97 bits per heavy atom. The fraction of sp³-hybridized carbons (Fsp3) is 0.393. The maximum absolute atomic E-state index is 5.91. The Hall–Kier alpha value is -3.12. The SMILES string of the molecule is C=C(/C=C\N(C)C)Nc1ncnc2ccc(Cc3ccc(OCCCC4CCCC4)cn3)cc12.Cl. The minimum absolute atomic E-state index is 0. The van der Waals surface area contributed by atoms with E-state index in [2.05, 4.69) is 39.0 Å². The summed E-state index contributed by atoms with van der Waals surface area (Å²) in [7, 11) is 3.94. The third-order valence-electron chi connectivity index (χ3n) is 6.24. The second-order valence-corrected chi connectivity index (χ2v) is 9.31. The third-order valence-corrected chi connectivity index (χ3v) is 6.24. The summed E-state index contributed by atoms with van der Waals surface area (Å²) >= 11 is 0. The van der Waals surface area contributed by atoms with Crippen molar-refractivity contribution < 1.29 is 4.74 Å². The largest absolute Gasteiger partial charge is 0.492 e. The first-order valence-electron chi connectivity index (χ1n) is 12.2. The highest BCUT2D eigenvalue weighted by molar-refractivity contribution is 5.90. The molecule has 0 radical (unpaired) electrons. The van der Waals surface area contributed by atoms with E-state index in [-0.39, 0.29) is 12.4 Å². The number of allylic oxidation sites excluding steroid dienone is 1. The zero-order valence-corrected chi connectivity index (χ0v) is 21.6. The minimum atomic E-state index is 0. The van der Waals surface area contributed by atoms with Crippen LogP contribution in [0.2, 0.25) is 0 Å². The highest BCUT2D eigenvalue weighted by atomic mass is 35.5. The quantitative estimate of drug-likeness (QED) is 0.247. The summed E-state index contributed by atoms with van der Waals surface area (Å²) in [5, 5.41) is 4.25. The van der Waals surface area contributed by atoms with E-state index in [0.29, 0.717) is 0 Å². The maximum Gasteiger partial charge on any atom is 0.141 e. The van der Waals surface area contributed by atoms with Crippen LogP contribution >= 0.6 is 12.4 Å². The number of rotatable bonds is 11. The minimum Gasteiger partial charge on any atom is -0.492 e. The van der Waals surface area contributed by atoms with Crippen molar-refractivity contribution in [3.05, 3.63) is 78.7 Å². The van der Waals surface area contributed by atoms with E-state index >= 15 is 0 Å². The van der Waals surface area contributed by atoms with Crippen LogP contribution in [-0.2, 0) is 6.42 Å². The number of halogens is 1. The fourth-order valence-corrected chi connectivity index (χ4v) is 4.42. The first kappa shape index (κ1) is 26.5. The van der Waals surface area contributed by atoms with Crippen LogP contribution < -0.4 is 10.1 Å². The monoisotopic (exact) mass is 493 g/mol. The molecule has 7 heteroatoms. The van der Waals surface area contributed by atoms with Gasteiger partial charge >= 0.3 is 0 Å². The van der Waals surface area contributed by atoms with Crippen molar-refractivity contribution in [3.8, 4) is 5.75 Å². The van der Waals surface area contributed by atoms with Gasteiger partial charge in [0.2, 0.25) is 0 Å². The predicted molar refractivity (Wildman–Crippen MR) is 146 cm³/mol. The van der Waals surface area contributed by atoms with Crippen LogP contribution in [0.4, 0.5) is 5.82 Å². The third kappa shape index (κ3) is 7.96. The van der Waals surface area contributed by atoms with Gasteiger partial charge in [0.05, 0.1) is 18.3 Å². The molecule has 1 saturated carbocycles. The molecular formula is C28H36ClN5O. The van der Waals surface area contributed by atoms with E-state index < -0.39 is 0 Å². The lowest BCUT2D eigenvalue weighted by molar-refractivity contribution is 0.291. The Morgan fingerprint density at radius 3 is 2.71 bits per heavy atom. The zero-order valence-electron chi connectivity index (χ0n) is 20.7. The zero-order chi connectivity index (χ0) is 23.8. The topological polar surface area (TPSA) is 63.2 Å². The number of nitrogens with zero attached hydrogens (tertiary/aromatic N) is 4. The van der Waals surface area contributed by atoms with Gasteiger partial charge in [-0.2, -0.15) is 0 Å². The number of fused-ring (bicyclic) bond motifs is 1. The van der Waals surface area contributed by atoms with Crippen LogP contribution in [0.15, 0.2) is 67.4 Å². The summed E-state index contributed by atoms with van der Waals surface area (Å²) in [5.41, 5.74) is 3.81. The predicted octanol–water partition coefficient (Wildman–Crippen LogP) is 6.39. The number of pyridine rings is 1. The molecule has 6 nitrogen and oxygen atoms in total. The average molecular weight is 494 g/mol. The van der Waals surface area contributed by atoms with E-state index in [0.717, 1.165) is 64.8 Å². The van der Waals surface area contributed by atoms with E-state index in [4.69, 9.17) is 4.74 Å². The lowest BCUT2D eigenvalue weighted by atomic mass is 10.0. The number of ether oxygens (including phenoxy) is 1. The van der Waals surface area contributed by atoms with Gasteiger partial charge in [-0.1, -0.05) is 38.3 Å². The van der Waals surface area contributed by atoms with Crippen LogP contribution in [0, 0.1) is 5.92 Å². The molecule has 1 N–H and O–H groups in total. The van der Waals surface area contributed by atoms with Gasteiger partial charge < -0.3 is 15.0 Å². The Morgan fingerprint density at radius 1 is 1.14 bits per heavy atom. The van der Waals surface area contributed by atoms with Crippen molar-refractivity contribution in [1.29, 1.82) is 0 Å². The summed E-state index contributed by atoms with van der Waals surface area (Å²) in [6, 6.07) is 10.3. The van der Waals surface area contributed by atoms with Gasteiger partial charge in [0.1, 0.15) is 17.9 Å². The summed E-state index contributed by atoms with van der Waals surface area (Å²) in [6.07, 6.45) is 16.0. The molecule has 2 aromatic heterocycles. The Bertz CT molecular complexity index is 1120. The molecule has 4 rings (SSSR count). The first-order chi connectivity index (χ1) is 16.6. The number of anilines is 1. The molecule has 1 aliphatic rings. The van der Waals surface area contributed by atoms with Crippen LogP contribution in [0.1, 0.15) is 49.8 Å². The Balaban J connectivity index is 0.00000342. The smallest absolute Gasteiger partial charge is 0.141 e. The van der Waals surface area contributed by atoms with Gasteiger partial charge in [0.25, 0.3) is 0 Å². The average Bonchev–Trinajstić information content (AvgIpc) is 3.36. The molecule has 3 aromatic rings. The highest BCUT2D eigenvalue weighted by Gasteiger charge is 2.14. The van der Waals surface area contributed by atoms with Crippen molar-refractivity contribution in [2.75, 3.05) is 26.0 Å². The number of aromatic nitrogens is 3. The fourth-order valence-electron chi connectivity index (χ4n) is 4.42. The van der Waals surface area contributed by atoms with Gasteiger partial charge in [0, 0.05) is 43.5 Å². The Labute approximate surface area is 214 Å². The van der Waals surface area contributed by atoms with E-state index in [9.17, 15) is 0 Å². The molecule has 186 valence electrons. The molecule has 0 atom stereocenters. The van der Waals surface area contributed by atoms with Crippen molar-refractivity contribution >= 4 is 29.1 Å². The highest BCUT2D eigenvalue weighted by Crippen LogP contribution is 2.28. The van der Waals surface area contributed by atoms with Crippen LogP contribution in [0.3, 0.4) is 0 Å². The molecule has 0 bridgehead atoms. The molecule has 0 unspecified atom stereocenters. The van der Waals surface area contributed by atoms with Gasteiger partial charge in [-0.25, -0.2) is 9.97 Å². The lowest BCUT2D eigenvalue weighted by Crippen LogP contribution is -2.04. The molecule has 0 amide bonds. The summed E-state index contributed by atoms with van der Waals surface area (Å²) < 4.78 is 5.91. The lowest BCUT2D eigenvalue weighted by Gasteiger charge is -2.11. The van der Waals surface area contributed by atoms with Gasteiger partial charge in [-0.05, 0) is 54.7 Å². The number of hydrogen-bond acceptors (Lipinski definition) is 6. The van der Waals surface area contributed by atoms with Crippen LogP contribution in [0.25, 0.3) is 10.9 Å². The molecule has 1 fully saturated rings. The van der Waals surface area contributed by atoms with Crippen LogP contribution in [0.5, 0.6) is 5.75 Å². The molecule has 0 aliphatic heterocycles. The Kier molecular flexibility index (Phi) is 9.91. The maximum atomic E-state index is 5.91. The van der Waals surface area contributed by atoms with Crippen molar-refractivity contribution in [1.82, 2.24) is 19.9 Å². The molecule has 0 spiro atoms. The molecule has 2 heterocycles. The first-order valence-corrected chi connectivity index (χ1v) is 12.2. The van der Waals surface area contributed by atoms with Gasteiger partial charge in [-0.3, -0.25) is 4.98 Å².